The van der Waals surface area contributed by atoms with E-state index in [-0.39, 0.29) is 14.5 Å². The Kier molecular flexibility index (Phi) is 3.28. The van der Waals surface area contributed by atoms with Crippen LogP contribution in [-0.4, -0.2) is 29.0 Å². The zero-order valence-electron chi connectivity index (χ0n) is 15.9. The predicted octanol–water partition coefficient (Wildman–Crippen LogP) is 6.09. The van der Waals surface area contributed by atoms with Gasteiger partial charge >= 0.3 is 178 Å². The molecule has 0 unspecified atom stereocenters. The molecular formula is C26H15N3Se. The first-order valence-corrected chi connectivity index (χ1v) is 11.6. The summed E-state index contributed by atoms with van der Waals surface area (Å²) >= 11 is 0.265. The van der Waals surface area contributed by atoms with Crippen molar-refractivity contribution in [3.8, 4) is 5.69 Å². The molecular weight excluding hydrogens is 433 g/mol. The van der Waals surface area contributed by atoms with Gasteiger partial charge in [-0.3, -0.25) is 0 Å². The molecule has 4 aromatic heterocycles. The Morgan fingerprint density at radius 2 is 1.40 bits per heavy atom. The molecule has 3 aromatic carbocycles. The van der Waals surface area contributed by atoms with Gasteiger partial charge in [0.2, 0.25) is 0 Å². The monoisotopic (exact) mass is 449 g/mol. The van der Waals surface area contributed by atoms with Gasteiger partial charge in [0.15, 0.2) is 0 Å². The molecule has 4 heterocycles. The zero-order valence-corrected chi connectivity index (χ0v) is 17.6. The van der Waals surface area contributed by atoms with Crippen molar-refractivity contribution in [3.05, 3.63) is 91.5 Å². The third-order valence-electron chi connectivity index (χ3n) is 5.96. The van der Waals surface area contributed by atoms with Crippen LogP contribution in [0, 0.1) is 0 Å². The fourth-order valence-corrected chi connectivity index (χ4v) is 7.35. The van der Waals surface area contributed by atoms with Crippen molar-refractivity contribution >= 4 is 66.4 Å². The molecule has 0 radical (unpaired) electrons. The Hall–Kier alpha value is -3.46. The van der Waals surface area contributed by atoms with Gasteiger partial charge in [-0.15, -0.1) is 0 Å². The first kappa shape index (κ1) is 16.3. The number of aromatic nitrogens is 3. The molecule has 0 N–H and O–H groups in total. The second kappa shape index (κ2) is 6.02. The van der Waals surface area contributed by atoms with E-state index in [0.717, 1.165) is 5.69 Å². The Morgan fingerprint density at radius 1 is 0.633 bits per heavy atom. The fraction of sp³-hybridized carbons (Fsp3) is 0. The van der Waals surface area contributed by atoms with Crippen LogP contribution < -0.4 is 0 Å². The summed E-state index contributed by atoms with van der Waals surface area (Å²) < 4.78 is 5.31. The van der Waals surface area contributed by atoms with E-state index in [1.807, 2.05) is 18.6 Å². The molecule has 0 bridgehead atoms. The number of hydrogen-bond acceptors (Lipinski definition) is 2. The summed E-state index contributed by atoms with van der Waals surface area (Å²) in [6.07, 6.45) is 7.72. The van der Waals surface area contributed by atoms with Crippen molar-refractivity contribution in [3.63, 3.8) is 0 Å². The van der Waals surface area contributed by atoms with E-state index < -0.39 is 0 Å². The Labute approximate surface area is 178 Å². The molecule has 0 aliphatic carbocycles. The standard InChI is InChI=1S/C26H15N3Se/c1-3-7-21-18(5-1)23-17-11-14-28-15-20(17)26-24(19-6-2-4-8-22(19)30-26)25(23)29(21)16-9-12-27-13-10-16/h1-15H. The number of para-hydroxylation sites is 1. The van der Waals surface area contributed by atoms with Crippen molar-refractivity contribution in [2.24, 2.45) is 0 Å². The van der Waals surface area contributed by atoms with Crippen molar-refractivity contribution in [2.75, 3.05) is 0 Å². The molecule has 140 valence electrons. The van der Waals surface area contributed by atoms with Gasteiger partial charge in [-0.05, 0) is 0 Å². The normalized spacial score (nSPS) is 12.0. The van der Waals surface area contributed by atoms with E-state index >= 15 is 0 Å². The van der Waals surface area contributed by atoms with Gasteiger partial charge in [0.25, 0.3) is 0 Å². The molecule has 0 aliphatic rings. The summed E-state index contributed by atoms with van der Waals surface area (Å²) in [6, 6.07) is 24.0. The SMILES string of the molecule is c1ccc2c(c1)[se]c1c3cnccc3c3c4ccccc4n(-c4ccncc4)c3c21. The van der Waals surface area contributed by atoms with Crippen molar-refractivity contribution < 1.29 is 0 Å². The molecule has 0 atom stereocenters. The second-order valence-corrected chi connectivity index (χ2v) is 9.71. The number of fused-ring (bicyclic) bond motifs is 10. The van der Waals surface area contributed by atoms with Gasteiger partial charge in [-0.1, -0.05) is 0 Å². The number of hydrogen-bond donors (Lipinski definition) is 0. The third kappa shape index (κ3) is 2.05. The van der Waals surface area contributed by atoms with Crippen molar-refractivity contribution in [2.45, 2.75) is 0 Å². The molecule has 4 heteroatoms. The minimum absolute atomic E-state index is 0.265. The van der Waals surface area contributed by atoms with Crippen LogP contribution >= 0.6 is 0 Å². The van der Waals surface area contributed by atoms with Crippen LogP contribution in [0.2, 0.25) is 0 Å². The van der Waals surface area contributed by atoms with E-state index in [1.54, 1.807) is 0 Å². The zero-order chi connectivity index (χ0) is 19.7. The number of rotatable bonds is 1. The molecule has 30 heavy (non-hydrogen) atoms. The third-order valence-corrected chi connectivity index (χ3v) is 8.49. The molecule has 3 nitrogen and oxygen atoms in total. The van der Waals surface area contributed by atoms with E-state index in [1.165, 1.54) is 51.9 Å². The van der Waals surface area contributed by atoms with E-state index in [0.29, 0.717) is 0 Å². The molecule has 0 fully saturated rings. The summed E-state index contributed by atoms with van der Waals surface area (Å²) in [7, 11) is 0. The van der Waals surface area contributed by atoms with Gasteiger partial charge in [0, 0.05) is 0 Å². The van der Waals surface area contributed by atoms with Crippen molar-refractivity contribution in [1.29, 1.82) is 0 Å². The Balaban J connectivity index is 1.91. The number of pyridine rings is 2. The van der Waals surface area contributed by atoms with Gasteiger partial charge < -0.3 is 0 Å². The fourth-order valence-electron chi connectivity index (χ4n) is 4.77. The van der Waals surface area contributed by atoms with Crippen LogP contribution in [-0.2, 0) is 0 Å². The summed E-state index contributed by atoms with van der Waals surface area (Å²) in [6.45, 7) is 0. The van der Waals surface area contributed by atoms with E-state index in [4.69, 9.17) is 0 Å². The van der Waals surface area contributed by atoms with Crippen LogP contribution in [0.15, 0.2) is 91.5 Å². The first-order valence-electron chi connectivity index (χ1n) is 9.92. The van der Waals surface area contributed by atoms with Crippen LogP contribution in [0.4, 0.5) is 0 Å². The molecule has 7 aromatic rings. The second-order valence-electron chi connectivity index (χ2n) is 7.51. The topological polar surface area (TPSA) is 30.7 Å². The quantitative estimate of drug-likeness (QED) is 0.285. The molecule has 7 rings (SSSR count). The summed E-state index contributed by atoms with van der Waals surface area (Å²) in [5.41, 5.74) is 3.66. The Bertz CT molecular complexity index is 1740. The van der Waals surface area contributed by atoms with Gasteiger partial charge in [0.1, 0.15) is 0 Å². The average Bonchev–Trinajstić information content (AvgIpc) is 3.36. The summed E-state index contributed by atoms with van der Waals surface area (Å²) in [5.74, 6) is 0. The van der Waals surface area contributed by atoms with Crippen LogP contribution in [0.25, 0.3) is 57.6 Å². The molecule has 0 amide bonds. The first-order chi connectivity index (χ1) is 14.9. The Morgan fingerprint density at radius 3 is 2.30 bits per heavy atom. The van der Waals surface area contributed by atoms with Crippen LogP contribution in [0.3, 0.4) is 0 Å². The van der Waals surface area contributed by atoms with Crippen LogP contribution in [0.1, 0.15) is 0 Å². The maximum atomic E-state index is 4.50. The van der Waals surface area contributed by atoms with Gasteiger partial charge in [-0.25, -0.2) is 0 Å². The van der Waals surface area contributed by atoms with Gasteiger partial charge in [-0.2, -0.15) is 0 Å². The molecule has 0 saturated carbocycles. The van der Waals surface area contributed by atoms with Gasteiger partial charge in [0.05, 0.1) is 0 Å². The number of benzene rings is 3. The summed E-state index contributed by atoms with van der Waals surface area (Å²) in [5, 5.41) is 7.90. The predicted molar refractivity (Wildman–Crippen MR) is 126 cm³/mol. The minimum atomic E-state index is 0.265. The van der Waals surface area contributed by atoms with E-state index in [2.05, 4.69) is 87.5 Å². The van der Waals surface area contributed by atoms with Crippen LogP contribution in [0.5, 0.6) is 0 Å². The molecule has 0 spiro atoms. The molecule has 0 aliphatic heterocycles. The molecule has 0 saturated heterocycles. The average molecular weight is 448 g/mol. The summed E-state index contributed by atoms with van der Waals surface area (Å²) in [4.78, 5) is 8.76. The van der Waals surface area contributed by atoms with Crippen molar-refractivity contribution in [1.82, 2.24) is 14.5 Å². The van der Waals surface area contributed by atoms with E-state index in [9.17, 15) is 0 Å². The maximum absolute atomic E-state index is 4.50. The number of nitrogens with zero attached hydrogens (tertiary/aromatic N) is 3.